The van der Waals surface area contributed by atoms with Crippen LogP contribution in [-0.2, 0) is 35.5 Å². The topological polar surface area (TPSA) is 0 Å². The van der Waals surface area contributed by atoms with E-state index in [-0.39, 0.29) is 16.2 Å². The Kier molecular flexibility index (Phi) is 9.22. The van der Waals surface area contributed by atoms with Crippen molar-refractivity contribution in [3.63, 3.8) is 0 Å². The Balaban J connectivity index is 1.31. The van der Waals surface area contributed by atoms with Gasteiger partial charge in [-0.05, 0) is 104 Å². The van der Waals surface area contributed by atoms with Crippen LogP contribution < -0.4 is 0 Å². The first kappa shape index (κ1) is 32.0. The molecular weight excluding hydrogens is 645 g/mol. The Morgan fingerprint density at radius 1 is 0.340 bits per heavy atom. The molecule has 0 spiro atoms. The minimum Gasteiger partial charge on any atom is -0.148 e. The number of rotatable bonds is 12. The smallest absolute Gasteiger partial charge is 0.0402 e. The lowest BCUT2D eigenvalue weighted by Gasteiger charge is -2.31. The number of benzene rings is 3. The molecule has 2 unspecified atom stereocenters. The molecule has 3 aromatic carbocycles. The lowest BCUT2D eigenvalue weighted by atomic mass is 9.79. The molecule has 7 aromatic rings. The van der Waals surface area contributed by atoms with Gasteiger partial charge in [-0.15, -0.1) is 45.3 Å². The summed E-state index contributed by atoms with van der Waals surface area (Å²) in [6.45, 7) is 7.36. The van der Waals surface area contributed by atoms with E-state index >= 15 is 0 Å². The van der Waals surface area contributed by atoms with Gasteiger partial charge in [0.2, 0.25) is 0 Å². The molecule has 236 valence electrons. The van der Waals surface area contributed by atoms with E-state index in [1.54, 1.807) is 0 Å². The van der Waals surface area contributed by atoms with Crippen molar-refractivity contribution in [2.75, 3.05) is 0 Å². The van der Waals surface area contributed by atoms with Crippen molar-refractivity contribution in [1.29, 1.82) is 0 Å². The van der Waals surface area contributed by atoms with Gasteiger partial charge in [-0.25, -0.2) is 0 Å². The fraction of sp³-hybridized carbons (Fsp3) is 0.209. The first-order chi connectivity index (χ1) is 22.9. The van der Waals surface area contributed by atoms with Gasteiger partial charge in [0.05, 0.1) is 0 Å². The fourth-order valence-electron chi connectivity index (χ4n) is 6.95. The fourth-order valence-corrected chi connectivity index (χ4v) is 11.6. The van der Waals surface area contributed by atoms with Crippen LogP contribution in [0.4, 0.5) is 0 Å². The molecule has 0 fully saturated rings. The lowest BCUT2D eigenvalue weighted by Crippen LogP contribution is -2.26. The summed E-state index contributed by atoms with van der Waals surface area (Å²) in [5, 5.41) is 4.44. The van der Waals surface area contributed by atoms with Crippen molar-refractivity contribution in [1.82, 2.24) is 0 Å². The lowest BCUT2D eigenvalue weighted by molar-refractivity contribution is 0.589. The molecule has 0 aliphatic heterocycles. The van der Waals surface area contributed by atoms with Crippen LogP contribution in [-0.4, -0.2) is 0 Å². The second-order valence-corrected chi connectivity index (χ2v) is 17.3. The molecule has 2 atom stereocenters. The van der Waals surface area contributed by atoms with E-state index in [4.69, 9.17) is 0 Å². The standard InChI is InChI=1S/C43H40S4/c1-41(35-21-13-27-44-35,29-32-15-7-4-8-16-32)37-23-25-39(46-37)43(3,31-34-19-11-6-12-20-34)40-26-24-38(47-40)42(2,36-22-14-28-45-36)30-33-17-9-5-10-18-33/h4-28H,29-31H2,1-3H3. The van der Waals surface area contributed by atoms with Crippen LogP contribution in [0.15, 0.2) is 150 Å². The highest BCUT2D eigenvalue weighted by atomic mass is 32.1. The monoisotopic (exact) mass is 684 g/mol. The van der Waals surface area contributed by atoms with Crippen molar-refractivity contribution in [2.45, 2.75) is 56.3 Å². The van der Waals surface area contributed by atoms with Crippen LogP contribution in [0, 0.1) is 0 Å². The molecule has 4 heteroatoms. The summed E-state index contributed by atoms with van der Waals surface area (Å²) in [5.41, 5.74) is 3.76. The predicted molar refractivity (Wildman–Crippen MR) is 207 cm³/mol. The maximum Gasteiger partial charge on any atom is 0.0402 e. The number of thiophene rings is 4. The van der Waals surface area contributed by atoms with E-state index in [2.05, 4.69) is 171 Å². The third-order valence-corrected chi connectivity index (χ3v) is 15.2. The molecule has 0 N–H and O–H groups in total. The van der Waals surface area contributed by atoms with Gasteiger partial charge in [0.1, 0.15) is 0 Å². The van der Waals surface area contributed by atoms with Crippen molar-refractivity contribution < 1.29 is 0 Å². The van der Waals surface area contributed by atoms with Crippen LogP contribution >= 0.6 is 45.3 Å². The molecule has 7 rings (SSSR count). The molecule has 0 radical (unpaired) electrons. The molecule has 0 amide bonds. The zero-order valence-electron chi connectivity index (χ0n) is 27.2. The molecule has 0 saturated carbocycles. The Morgan fingerprint density at radius 3 is 0.915 bits per heavy atom. The van der Waals surface area contributed by atoms with E-state index in [0.717, 1.165) is 19.3 Å². The van der Waals surface area contributed by atoms with Crippen LogP contribution in [0.25, 0.3) is 0 Å². The Hall–Kier alpha value is -3.54. The predicted octanol–water partition coefficient (Wildman–Crippen LogP) is 12.6. The van der Waals surface area contributed by atoms with Crippen molar-refractivity contribution in [3.8, 4) is 0 Å². The second-order valence-electron chi connectivity index (χ2n) is 13.3. The average molecular weight is 685 g/mol. The minimum absolute atomic E-state index is 0.0971. The highest BCUT2D eigenvalue weighted by Crippen LogP contribution is 2.49. The molecule has 4 aromatic heterocycles. The van der Waals surface area contributed by atoms with Gasteiger partial charge in [0.25, 0.3) is 0 Å². The quantitative estimate of drug-likeness (QED) is 0.120. The van der Waals surface area contributed by atoms with Crippen LogP contribution in [0.2, 0.25) is 0 Å². The maximum absolute atomic E-state index is 2.48. The van der Waals surface area contributed by atoms with Gasteiger partial charge in [-0.3, -0.25) is 0 Å². The van der Waals surface area contributed by atoms with Gasteiger partial charge in [-0.1, -0.05) is 103 Å². The molecule has 0 saturated heterocycles. The summed E-state index contributed by atoms with van der Waals surface area (Å²) in [6, 6.07) is 51.8. The van der Waals surface area contributed by atoms with E-state index < -0.39 is 0 Å². The third kappa shape index (κ3) is 6.49. The molecule has 0 aliphatic carbocycles. The van der Waals surface area contributed by atoms with Gasteiger partial charge in [0.15, 0.2) is 0 Å². The first-order valence-corrected chi connectivity index (χ1v) is 19.7. The molecule has 4 heterocycles. The highest BCUT2D eigenvalue weighted by molar-refractivity contribution is 7.15. The molecule has 47 heavy (non-hydrogen) atoms. The summed E-state index contributed by atoms with van der Waals surface area (Å²) in [5.74, 6) is 0. The second kappa shape index (κ2) is 13.5. The number of hydrogen-bond donors (Lipinski definition) is 0. The van der Waals surface area contributed by atoms with Gasteiger partial charge < -0.3 is 0 Å². The van der Waals surface area contributed by atoms with Gasteiger partial charge in [0, 0.05) is 45.5 Å². The van der Waals surface area contributed by atoms with Gasteiger partial charge in [-0.2, -0.15) is 0 Å². The van der Waals surface area contributed by atoms with Crippen LogP contribution in [0.3, 0.4) is 0 Å². The zero-order valence-corrected chi connectivity index (χ0v) is 30.5. The van der Waals surface area contributed by atoms with Crippen molar-refractivity contribution >= 4 is 45.3 Å². The van der Waals surface area contributed by atoms with Crippen molar-refractivity contribution in [3.05, 3.63) is 196 Å². The maximum atomic E-state index is 2.48. The summed E-state index contributed by atoms with van der Waals surface area (Å²) in [4.78, 5) is 8.57. The number of hydrogen-bond acceptors (Lipinski definition) is 4. The average Bonchev–Trinajstić information content (AvgIpc) is 3.94. The molecule has 0 nitrogen and oxygen atoms in total. The van der Waals surface area contributed by atoms with Crippen LogP contribution in [0.1, 0.15) is 66.7 Å². The summed E-state index contributed by atoms with van der Waals surface area (Å²) >= 11 is 7.77. The normalized spacial score (nSPS) is 15.5. The van der Waals surface area contributed by atoms with E-state index in [0.29, 0.717) is 0 Å². The van der Waals surface area contributed by atoms with Crippen LogP contribution in [0.5, 0.6) is 0 Å². The Bertz CT molecular complexity index is 1860. The summed E-state index contributed by atoms with van der Waals surface area (Å²) < 4.78 is 0. The summed E-state index contributed by atoms with van der Waals surface area (Å²) in [6.07, 6.45) is 2.91. The third-order valence-electron chi connectivity index (χ3n) is 9.72. The molecule has 0 bridgehead atoms. The molecule has 0 aliphatic rings. The first-order valence-electron chi connectivity index (χ1n) is 16.3. The Morgan fingerprint density at radius 2 is 0.638 bits per heavy atom. The van der Waals surface area contributed by atoms with Crippen molar-refractivity contribution in [2.24, 2.45) is 0 Å². The highest BCUT2D eigenvalue weighted by Gasteiger charge is 2.39. The van der Waals surface area contributed by atoms with Gasteiger partial charge >= 0.3 is 0 Å². The van der Waals surface area contributed by atoms with E-state index in [1.807, 2.05) is 45.3 Å². The molecular formula is C43H40S4. The SMILES string of the molecule is CC(Cc1ccccc1)(c1cccs1)c1ccc(C(C)(Cc2ccccc2)c2ccc(C(C)(Cc3ccccc3)c3cccs3)s2)s1. The summed E-state index contributed by atoms with van der Waals surface area (Å²) in [7, 11) is 0. The van der Waals surface area contributed by atoms with E-state index in [9.17, 15) is 0 Å². The zero-order chi connectivity index (χ0) is 32.3. The minimum atomic E-state index is -0.167. The Labute approximate surface area is 296 Å². The largest absolute Gasteiger partial charge is 0.148 e. The van der Waals surface area contributed by atoms with E-state index in [1.165, 1.54) is 46.0 Å².